The molecule has 0 amide bonds. The molecule has 0 heterocycles. The van der Waals surface area contributed by atoms with Crippen LogP contribution in [0.15, 0.2) is 12.1 Å². The molecule has 64 valence electrons. The van der Waals surface area contributed by atoms with Gasteiger partial charge in [0.15, 0.2) is 5.82 Å². The molecule has 0 fully saturated rings. The highest BCUT2D eigenvalue weighted by Gasteiger charge is 2.13. The summed E-state index contributed by atoms with van der Waals surface area (Å²) in [5, 5.41) is 10.3. The van der Waals surface area contributed by atoms with E-state index in [9.17, 15) is 14.5 Å². The van der Waals surface area contributed by atoms with E-state index < -0.39 is 10.7 Å². The third kappa shape index (κ3) is 1.34. The van der Waals surface area contributed by atoms with Crippen LogP contribution in [0, 0.1) is 22.9 Å². The summed E-state index contributed by atoms with van der Waals surface area (Å²) in [4.78, 5) is 9.64. The Hall–Kier alpha value is -1.65. The van der Waals surface area contributed by atoms with Gasteiger partial charge in [-0.25, -0.2) is 4.39 Å². The number of anilines is 1. The lowest BCUT2D eigenvalue weighted by Crippen LogP contribution is -1.96. The van der Waals surface area contributed by atoms with Crippen molar-refractivity contribution in [1.82, 2.24) is 0 Å². The quantitative estimate of drug-likeness (QED) is 0.395. The number of halogens is 1. The van der Waals surface area contributed by atoms with Gasteiger partial charge in [-0.1, -0.05) is 0 Å². The minimum atomic E-state index is -0.757. The van der Waals surface area contributed by atoms with Gasteiger partial charge in [-0.05, 0) is 13.0 Å². The van der Waals surface area contributed by atoms with Gasteiger partial charge < -0.3 is 5.73 Å². The summed E-state index contributed by atoms with van der Waals surface area (Å²) >= 11 is 0. The number of nitrogens with zero attached hydrogens (tertiary/aromatic N) is 1. The largest absolute Gasteiger partial charge is 0.396 e. The average molecular weight is 170 g/mol. The molecule has 0 atom stereocenters. The van der Waals surface area contributed by atoms with Crippen LogP contribution in [-0.2, 0) is 0 Å². The third-order valence-electron chi connectivity index (χ3n) is 1.51. The molecule has 0 aromatic heterocycles. The molecule has 4 nitrogen and oxygen atoms in total. The number of hydrogen-bond donors (Lipinski definition) is 1. The Balaban J connectivity index is 3.33. The highest BCUT2D eigenvalue weighted by molar-refractivity contribution is 5.51. The van der Waals surface area contributed by atoms with Gasteiger partial charge in [0.05, 0.1) is 16.7 Å². The molecule has 0 bridgehead atoms. The zero-order chi connectivity index (χ0) is 9.30. The summed E-state index contributed by atoms with van der Waals surface area (Å²) in [6.07, 6.45) is 0. The van der Waals surface area contributed by atoms with E-state index in [0.29, 0.717) is 5.56 Å². The van der Waals surface area contributed by atoms with E-state index in [1.807, 2.05) is 0 Å². The zero-order valence-corrected chi connectivity index (χ0v) is 6.37. The summed E-state index contributed by atoms with van der Waals surface area (Å²) in [5.41, 5.74) is 5.23. The molecule has 0 aliphatic carbocycles. The fourth-order valence-electron chi connectivity index (χ4n) is 0.890. The summed E-state index contributed by atoms with van der Waals surface area (Å²) in [6.45, 7) is 1.51. The molecule has 0 radical (unpaired) electrons. The summed E-state index contributed by atoms with van der Waals surface area (Å²) < 4.78 is 12.7. The maximum Gasteiger partial charge on any atom is 0.275 e. The van der Waals surface area contributed by atoms with E-state index in [0.717, 1.165) is 6.07 Å². The molecule has 5 heteroatoms. The van der Waals surface area contributed by atoms with Crippen LogP contribution in [-0.4, -0.2) is 4.92 Å². The van der Waals surface area contributed by atoms with Gasteiger partial charge in [0.1, 0.15) is 0 Å². The number of hydrogen-bond acceptors (Lipinski definition) is 3. The average Bonchev–Trinajstić information content (AvgIpc) is 1.96. The summed E-state index contributed by atoms with van der Waals surface area (Å²) in [5.74, 6) is -0.757. The first-order chi connectivity index (χ1) is 5.52. The van der Waals surface area contributed by atoms with Gasteiger partial charge >= 0.3 is 0 Å². The number of aryl methyl sites for hydroxylation is 1. The second kappa shape index (κ2) is 2.77. The normalized spacial score (nSPS) is 9.83. The predicted molar refractivity (Wildman–Crippen MR) is 42.2 cm³/mol. The van der Waals surface area contributed by atoms with Crippen molar-refractivity contribution in [3.63, 3.8) is 0 Å². The third-order valence-corrected chi connectivity index (χ3v) is 1.51. The van der Waals surface area contributed by atoms with E-state index in [1.165, 1.54) is 13.0 Å². The molecule has 0 saturated carbocycles. The highest BCUT2D eigenvalue weighted by Crippen LogP contribution is 2.22. The Morgan fingerprint density at radius 2 is 2.17 bits per heavy atom. The van der Waals surface area contributed by atoms with Gasteiger partial charge in [0, 0.05) is 5.56 Å². The Morgan fingerprint density at radius 3 is 2.67 bits per heavy atom. The van der Waals surface area contributed by atoms with Gasteiger partial charge in [0.25, 0.3) is 5.69 Å². The molecular weight excluding hydrogens is 163 g/mol. The van der Waals surface area contributed by atoms with Crippen molar-refractivity contribution in [2.24, 2.45) is 0 Å². The minimum Gasteiger partial charge on any atom is -0.396 e. The minimum absolute atomic E-state index is 0.0712. The standard InChI is InChI=1S/C7H7FN2O2/c1-4-2-6(9)5(8)3-7(4)10(11)12/h2-3H,9H2,1H3. The highest BCUT2D eigenvalue weighted by atomic mass is 19.1. The second-order valence-corrected chi connectivity index (χ2v) is 2.42. The molecule has 0 aliphatic heterocycles. The van der Waals surface area contributed by atoms with Crippen LogP contribution < -0.4 is 5.73 Å². The molecule has 0 spiro atoms. The van der Waals surface area contributed by atoms with Crippen molar-refractivity contribution >= 4 is 11.4 Å². The molecule has 0 unspecified atom stereocenters. The van der Waals surface area contributed by atoms with E-state index >= 15 is 0 Å². The zero-order valence-electron chi connectivity index (χ0n) is 6.37. The maximum atomic E-state index is 12.7. The first-order valence-electron chi connectivity index (χ1n) is 3.22. The summed E-state index contributed by atoms with van der Waals surface area (Å²) in [6, 6.07) is 2.07. The van der Waals surface area contributed by atoms with Gasteiger partial charge in [0.2, 0.25) is 0 Å². The van der Waals surface area contributed by atoms with Gasteiger partial charge in [-0.15, -0.1) is 0 Å². The Morgan fingerprint density at radius 1 is 1.58 bits per heavy atom. The van der Waals surface area contributed by atoms with E-state index in [4.69, 9.17) is 5.73 Å². The second-order valence-electron chi connectivity index (χ2n) is 2.42. The molecule has 1 aromatic carbocycles. The van der Waals surface area contributed by atoms with Gasteiger partial charge in [-0.2, -0.15) is 0 Å². The number of benzene rings is 1. The van der Waals surface area contributed by atoms with E-state index in [1.54, 1.807) is 0 Å². The lowest BCUT2D eigenvalue weighted by molar-refractivity contribution is -0.385. The number of nitrogens with two attached hydrogens (primary N) is 1. The molecule has 12 heavy (non-hydrogen) atoms. The lowest BCUT2D eigenvalue weighted by atomic mass is 10.2. The fourth-order valence-corrected chi connectivity index (χ4v) is 0.890. The van der Waals surface area contributed by atoms with Crippen molar-refractivity contribution in [2.75, 3.05) is 5.73 Å². The van der Waals surface area contributed by atoms with E-state index in [2.05, 4.69) is 0 Å². The number of nitrogen functional groups attached to an aromatic ring is 1. The Kier molecular flexibility index (Phi) is 1.95. The summed E-state index contributed by atoms with van der Waals surface area (Å²) in [7, 11) is 0. The molecule has 2 N–H and O–H groups in total. The van der Waals surface area contributed by atoms with Crippen LogP contribution in [0.5, 0.6) is 0 Å². The molecular formula is C7H7FN2O2. The fraction of sp³-hybridized carbons (Fsp3) is 0.143. The van der Waals surface area contributed by atoms with Gasteiger partial charge in [-0.3, -0.25) is 10.1 Å². The monoisotopic (exact) mass is 170 g/mol. The Bertz CT molecular complexity index is 338. The Labute approximate surface area is 68.0 Å². The molecule has 0 aliphatic rings. The predicted octanol–water partition coefficient (Wildman–Crippen LogP) is 1.62. The molecule has 1 aromatic rings. The van der Waals surface area contributed by atoms with Crippen LogP contribution in [0.2, 0.25) is 0 Å². The van der Waals surface area contributed by atoms with Crippen LogP contribution in [0.25, 0.3) is 0 Å². The first-order valence-corrected chi connectivity index (χ1v) is 3.22. The number of nitro groups is 1. The molecule has 0 saturated heterocycles. The van der Waals surface area contributed by atoms with Crippen LogP contribution in [0.4, 0.5) is 15.8 Å². The lowest BCUT2D eigenvalue weighted by Gasteiger charge is -1.99. The van der Waals surface area contributed by atoms with Crippen molar-refractivity contribution in [2.45, 2.75) is 6.92 Å². The SMILES string of the molecule is Cc1cc(N)c(F)cc1[N+](=O)[O-]. The van der Waals surface area contributed by atoms with Crippen molar-refractivity contribution in [3.05, 3.63) is 33.6 Å². The maximum absolute atomic E-state index is 12.7. The number of nitro benzene ring substituents is 1. The number of rotatable bonds is 1. The van der Waals surface area contributed by atoms with Crippen molar-refractivity contribution < 1.29 is 9.31 Å². The van der Waals surface area contributed by atoms with Crippen LogP contribution in [0.3, 0.4) is 0 Å². The smallest absolute Gasteiger partial charge is 0.275 e. The van der Waals surface area contributed by atoms with E-state index in [-0.39, 0.29) is 11.4 Å². The van der Waals surface area contributed by atoms with Crippen molar-refractivity contribution in [3.8, 4) is 0 Å². The topological polar surface area (TPSA) is 69.2 Å². The van der Waals surface area contributed by atoms with Crippen molar-refractivity contribution in [1.29, 1.82) is 0 Å². The first kappa shape index (κ1) is 8.45. The molecule has 1 rings (SSSR count). The van der Waals surface area contributed by atoms with Crippen LogP contribution in [0.1, 0.15) is 5.56 Å². The van der Waals surface area contributed by atoms with Crippen LogP contribution >= 0.6 is 0 Å².